The second kappa shape index (κ2) is 6.88. The van der Waals surface area contributed by atoms with E-state index in [1.165, 1.54) is 0 Å². The maximum absolute atomic E-state index is 12.4. The highest BCUT2D eigenvalue weighted by Gasteiger charge is 2.39. The Hall–Kier alpha value is -1.36. The zero-order chi connectivity index (χ0) is 15.3. The standard InChI is InChI=1S/C15H23NO3S/c1-6-19-14(18)12(15(3,4)5)13(17)16-10(2)11-7-8-20-9-11/h7-10,12H,6H2,1-5H3,(H,16,17). The molecule has 1 heterocycles. The topological polar surface area (TPSA) is 55.4 Å². The third kappa shape index (κ3) is 4.34. The van der Waals surface area contributed by atoms with Crippen LogP contribution in [0, 0.1) is 11.3 Å². The summed E-state index contributed by atoms with van der Waals surface area (Å²) in [4.78, 5) is 24.4. The number of esters is 1. The summed E-state index contributed by atoms with van der Waals surface area (Å²) in [6.07, 6.45) is 0. The van der Waals surface area contributed by atoms with Crippen molar-refractivity contribution >= 4 is 23.2 Å². The summed E-state index contributed by atoms with van der Waals surface area (Å²) in [6.45, 7) is 9.52. The number of amides is 1. The van der Waals surface area contributed by atoms with Crippen molar-refractivity contribution < 1.29 is 14.3 Å². The van der Waals surface area contributed by atoms with Gasteiger partial charge in [-0.15, -0.1) is 0 Å². The minimum Gasteiger partial charge on any atom is -0.465 e. The molecule has 0 bridgehead atoms. The molecular weight excluding hydrogens is 274 g/mol. The minimum atomic E-state index is -0.802. The molecule has 1 rings (SSSR count). The molecule has 0 aromatic carbocycles. The molecule has 0 saturated carbocycles. The van der Waals surface area contributed by atoms with Gasteiger partial charge in [-0.2, -0.15) is 11.3 Å². The molecule has 0 saturated heterocycles. The fourth-order valence-corrected chi connectivity index (χ4v) is 2.74. The number of hydrogen-bond acceptors (Lipinski definition) is 4. The van der Waals surface area contributed by atoms with Crippen LogP contribution in [0.5, 0.6) is 0 Å². The van der Waals surface area contributed by atoms with Gasteiger partial charge in [0, 0.05) is 0 Å². The van der Waals surface area contributed by atoms with E-state index in [4.69, 9.17) is 4.74 Å². The number of thiophene rings is 1. The summed E-state index contributed by atoms with van der Waals surface area (Å²) in [6, 6.07) is 1.85. The molecule has 2 unspecified atom stereocenters. The molecule has 0 fully saturated rings. The zero-order valence-electron chi connectivity index (χ0n) is 12.7. The summed E-state index contributed by atoms with van der Waals surface area (Å²) < 4.78 is 5.03. The third-order valence-electron chi connectivity index (χ3n) is 3.05. The van der Waals surface area contributed by atoms with E-state index >= 15 is 0 Å². The predicted octanol–water partition coefficient (Wildman–Crippen LogP) is 3.15. The second-order valence-corrected chi connectivity index (χ2v) is 6.62. The van der Waals surface area contributed by atoms with Gasteiger partial charge in [0.05, 0.1) is 12.6 Å². The van der Waals surface area contributed by atoms with E-state index in [1.54, 1.807) is 18.3 Å². The van der Waals surface area contributed by atoms with Gasteiger partial charge in [0.2, 0.25) is 5.91 Å². The smallest absolute Gasteiger partial charge is 0.319 e. The van der Waals surface area contributed by atoms with Crippen LogP contribution in [0.2, 0.25) is 0 Å². The maximum atomic E-state index is 12.4. The van der Waals surface area contributed by atoms with Crippen LogP contribution in [0.4, 0.5) is 0 Å². The summed E-state index contributed by atoms with van der Waals surface area (Å²) >= 11 is 1.58. The van der Waals surface area contributed by atoms with Gasteiger partial charge in [0.1, 0.15) is 5.92 Å². The van der Waals surface area contributed by atoms with Crippen LogP contribution < -0.4 is 5.32 Å². The largest absolute Gasteiger partial charge is 0.465 e. The van der Waals surface area contributed by atoms with E-state index in [-0.39, 0.29) is 18.6 Å². The molecule has 0 aliphatic rings. The first-order valence-corrected chi connectivity index (χ1v) is 7.70. The molecule has 5 heteroatoms. The molecule has 0 aliphatic carbocycles. The Balaban J connectivity index is 2.81. The number of hydrogen-bond donors (Lipinski definition) is 1. The average molecular weight is 297 g/mol. The summed E-state index contributed by atoms with van der Waals surface area (Å²) in [5, 5.41) is 6.85. The molecule has 20 heavy (non-hydrogen) atoms. The van der Waals surface area contributed by atoms with Gasteiger partial charge >= 0.3 is 5.97 Å². The van der Waals surface area contributed by atoms with Crippen molar-refractivity contribution in [1.29, 1.82) is 0 Å². The zero-order valence-corrected chi connectivity index (χ0v) is 13.5. The average Bonchev–Trinajstić information content (AvgIpc) is 2.80. The van der Waals surface area contributed by atoms with E-state index in [0.717, 1.165) is 5.56 Å². The first-order valence-electron chi connectivity index (χ1n) is 6.76. The fourth-order valence-electron chi connectivity index (χ4n) is 1.98. The van der Waals surface area contributed by atoms with E-state index in [2.05, 4.69) is 5.32 Å². The van der Waals surface area contributed by atoms with Crippen LogP contribution in [-0.2, 0) is 14.3 Å². The first kappa shape index (κ1) is 16.7. The van der Waals surface area contributed by atoms with Gasteiger partial charge in [-0.3, -0.25) is 9.59 Å². The number of rotatable bonds is 5. The normalized spacial score (nSPS) is 14.4. The predicted molar refractivity (Wildman–Crippen MR) is 80.5 cm³/mol. The van der Waals surface area contributed by atoms with Gasteiger partial charge in [-0.05, 0) is 41.7 Å². The highest BCUT2D eigenvalue weighted by molar-refractivity contribution is 7.07. The van der Waals surface area contributed by atoms with Crippen molar-refractivity contribution in [2.75, 3.05) is 6.61 Å². The Bertz CT molecular complexity index is 448. The van der Waals surface area contributed by atoms with Crippen LogP contribution in [-0.4, -0.2) is 18.5 Å². The van der Waals surface area contributed by atoms with Crippen LogP contribution >= 0.6 is 11.3 Å². The van der Waals surface area contributed by atoms with E-state index in [9.17, 15) is 9.59 Å². The molecule has 4 nitrogen and oxygen atoms in total. The summed E-state index contributed by atoms with van der Waals surface area (Å²) in [5.41, 5.74) is 0.560. The van der Waals surface area contributed by atoms with Crippen molar-refractivity contribution in [3.05, 3.63) is 22.4 Å². The number of ether oxygens (including phenoxy) is 1. The molecule has 1 N–H and O–H groups in total. The highest BCUT2D eigenvalue weighted by atomic mass is 32.1. The quantitative estimate of drug-likeness (QED) is 0.671. The Morgan fingerprint density at radius 1 is 1.40 bits per heavy atom. The van der Waals surface area contributed by atoms with Gasteiger partial charge < -0.3 is 10.1 Å². The molecule has 1 aromatic rings. The van der Waals surface area contributed by atoms with E-state index < -0.39 is 17.3 Å². The van der Waals surface area contributed by atoms with Gasteiger partial charge in [0.25, 0.3) is 0 Å². The molecule has 0 spiro atoms. The molecular formula is C15H23NO3S. The van der Waals surface area contributed by atoms with Crippen molar-refractivity contribution in [2.24, 2.45) is 11.3 Å². The Labute approximate surface area is 124 Å². The van der Waals surface area contributed by atoms with Crippen molar-refractivity contribution in [3.63, 3.8) is 0 Å². The monoisotopic (exact) mass is 297 g/mol. The lowest BCUT2D eigenvalue weighted by molar-refractivity contribution is -0.156. The first-order chi connectivity index (χ1) is 9.27. The lowest BCUT2D eigenvalue weighted by Crippen LogP contribution is -2.44. The fraction of sp³-hybridized carbons (Fsp3) is 0.600. The molecule has 2 atom stereocenters. The second-order valence-electron chi connectivity index (χ2n) is 5.84. The van der Waals surface area contributed by atoms with Gasteiger partial charge in [0.15, 0.2) is 0 Å². The maximum Gasteiger partial charge on any atom is 0.319 e. The Morgan fingerprint density at radius 3 is 2.50 bits per heavy atom. The lowest BCUT2D eigenvalue weighted by Gasteiger charge is -2.28. The number of carbonyl (C=O) groups excluding carboxylic acids is 2. The molecule has 1 aromatic heterocycles. The van der Waals surface area contributed by atoms with Crippen LogP contribution in [0.25, 0.3) is 0 Å². The minimum absolute atomic E-state index is 0.118. The van der Waals surface area contributed by atoms with E-state index in [0.29, 0.717) is 0 Å². The lowest BCUT2D eigenvalue weighted by atomic mass is 9.80. The summed E-state index contributed by atoms with van der Waals surface area (Å²) in [7, 11) is 0. The molecule has 1 amide bonds. The molecule has 0 radical (unpaired) electrons. The van der Waals surface area contributed by atoms with Crippen LogP contribution in [0.15, 0.2) is 16.8 Å². The van der Waals surface area contributed by atoms with Crippen molar-refractivity contribution in [1.82, 2.24) is 5.32 Å². The third-order valence-corrected chi connectivity index (χ3v) is 3.75. The Morgan fingerprint density at radius 2 is 2.05 bits per heavy atom. The van der Waals surface area contributed by atoms with E-state index in [1.807, 2.05) is 44.5 Å². The van der Waals surface area contributed by atoms with Crippen molar-refractivity contribution in [3.8, 4) is 0 Å². The molecule has 0 aliphatic heterocycles. The summed E-state index contributed by atoms with van der Waals surface area (Å²) in [5.74, 6) is -1.55. The Kier molecular flexibility index (Phi) is 5.74. The molecule has 112 valence electrons. The SMILES string of the molecule is CCOC(=O)C(C(=O)NC(C)c1ccsc1)C(C)(C)C. The van der Waals surface area contributed by atoms with Crippen LogP contribution in [0.1, 0.15) is 46.2 Å². The van der Waals surface area contributed by atoms with Gasteiger partial charge in [-0.25, -0.2) is 0 Å². The highest BCUT2D eigenvalue weighted by Crippen LogP contribution is 2.28. The van der Waals surface area contributed by atoms with Crippen LogP contribution in [0.3, 0.4) is 0 Å². The van der Waals surface area contributed by atoms with Gasteiger partial charge in [-0.1, -0.05) is 20.8 Å². The number of nitrogens with one attached hydrogen (secondary N) is 1. The van der Waals surface area contributed by atoms with Crippen molar-refractivity contribution in [2.45, 2.75) is 40.7 Å². The number of carbonyl (C=O) groups is 2.